The van der Waals surface area contributed by atoms with Gasteiger partial charge in [-0.2, -0.15) is 11.8 Å². The zero-order valence-electron chi connectivity index (χ0n) is 9.50. The number of anilines is 1. The van der Waals surface area contributed by atoms with Crippen molar-refractivity contribution >= 4 is 35.0 Å². The Morgan fingerprint density at radius 2 is 2.35 bits per heavy atom. The van der Waals surface area contributed by atoms with Gasteiger partial charge in [0.1, 0.15) is 0 Å². The van der Waals surface area contributed by atoms with Gasteiger partial charge in [0.15, 0.2) is 5.60 Å². The van der Waals surface area contributed by atoms with Crippen molar-refractivity contribution in [3.63, 3.8) is 0 Å². The first-order valence-electron chi connectivity index (χ1n) is 5.39. The van der Waals surface area contributed by atoms with Crippen LogP contribution in [0.5, 0.6) is 0 Å². The summed E-state index contributed by atoms with van der Waals surface area (Å²) in [7, 11) is 0. The minimum absolute atomic E-state index is 0.326. The van der Waals surface area contributed by atoms with E-state index in [1.54, 1.807) is 30.0 Å². The molecule has 1 atom stereocenters. The van der Waals surface area contributed by atoms with Gasteiger partial charge < -0.3 is 10.4 Å². The van der Waals surface area contributed by atoms with E-state index in [-0.39, 0.29) is 5.91 Å². The molecule has 1 aromatic rings. The van der Waals surface area contributed by atoms with Gasteiger partial charge in [-0.05, 0) is 42.9 Å². The molecular formula is C12H14ClNO2S. The van der Waals surface area contributed by atoms with E-state index in [0.29, 0.717) is 22.9 Å². The number of carbonyl (C=O) groups excluding carboxylic acids is 1. The molecule has 1 fully saturated rings. The van der Waals surface area contributed by atoms with Gasteiger partial charge in [0.25, 0.3) is 5.91 Å². The van der Waals surface area contributed by atoms with Crippen molar-refractivity contribution in [3.8, 4) is 0 Å². The van der Waals surface area contributed by atoms with Gasteiger partial charge in [-0.1, -0.05) is 11.6 Å². The minimum atomic E-state index is -1.23. The molecule has 0 aromatic heterocycles. The second kappa shape index (κ2) is 4.88. The lowest BCUT2D eigenvalue weighted by molar-refractivity contribution is -0.131. The number of amides is 1. The molecule has 1 unspecified atom stereocenters. The average molecular weight is 272 g/mol. The van der Waals surface area contributed by atoms with E-state index < -0.39 is 5.60 Å². The third kappa shape index (κ3) is 2.76. The maximum atomic E-state index is 12.0. The summed E-state index contributed by atoms with van der Waals surface area (Å²) in [5.41, 5.74) is 0.362. The highest BCUT2D eigenvalue weighted by atomic mass is 35.5. The number of halogens is 1. The lowest BCUT2D eigenvalue weighted by atomic mass is 10.0. The van der Waals surface area contributed by atoms with Crippen molar-refractivity contribution in [1.82, 2.24) is 0 Å². The number of hydrogen-bond donors (Lipinski definition) is 2. The Bertz CT molecular complexity index is 444. The zero-order chi connectivity index (χ0) is 12.5. The second-order valence-corrected chi connectivity index (χ2v) is 5.79. The first kappa shape index (κ1) is 12.7. The van der Waals surface area contributed by atoms with Crippen molar-refractivity contribution in [2.75, 3.05) is 16.8 Å². The Morgan fingerprint density at radius 1 is 1.59 bits per heavy atom. The number of aliphatic hydroxyl groups is 1. The standard InChI is InChI=1S/C12H14ClNO2S/c1-8-6-9(13)2-3-10(8)14-11(15)12(16)4-5-17-7-12/h2-3,6,16H,4-5,7H2,1H3,(H,14,15). The molecule has 1 heterocycles. The van der Waals surface area contributed by atoms with Crippen LogP contribution < -0.4 is 5.32 Å². The molecule has 3 nitrogen and oxygen atoms in total. The maximum Gasteiger partial charge on any atom is 0.257 e. The first-order valence-corrected chi connectivity index (χ1v) is 6.92. The summed E-state index contributed by atoms with van der Waals surface area (Å²) in [4.78, 5) is 12.0. The van der Waals surface area contributed by atoms with E-state index in [0.717, 1.165) is 11.3 Å². The Morgan fingerprint density at radius 3 is 2.94 bits per heavy atom. The monoisotopic (exact) mass is 271 g/mol. The molecule has 0 aliphatic carbocycles. The van der Waals surface area contributed by atoms with Crippen molar-refractivity contribution in [3.05, 3.63) is 28.8 Å². The summed E-state index contributed by atoms with van der Waals surface area (Å²) in [6.07, 6.45) is 0.510. The number of benzene rings is 1. The van der Waals surface area contributed by atoms with Crippen molar-refractivity contribution in [2.24, 2.45) is 0 Å². The molecule has 0 bridgehead atoms. The highest BCUT2D eigenvalue weighted by Gasteiger charge is 2.39. The quantitative estimate of drug-likeness (QED) is 0.869. The highest BCUT2D eigenvalue weighted by Crippen LogP contribution is 2.29. The summed E-state index contributed by atoms with van der Waals surface area (Å²) < 4.78 is 0. The molecule has 2 N–H and O–H groups in total. The van der Waals surface area contributed by atoms with Crippen molar-refractivity contribution in [1.29, 1.82) is 0 Å². The molecule has 0 saturated carbocycles. The van der Waals surface area contributed by atoms with Gasteiger partial charge >= 0.3 is 0 Å². The Kier molecular flexibility index (Phi) is 3.66. The van der Waals surface area contributed by atoms with Crippen LogP contribution in [0.15, 0.2) is 18.2 Å². The number of hydrogen-bond acceptors (Lipinski definition) is 3. The predicted octanol–water partition coefficient (Wildman–Crippen LogP) is 2.45. The molecule has 2 rings (SSSR count). The normalized spacial score (nSPS) is 23.7. The van der Waals surface area contributed by atoms with Crippen molar-refractivity contribution in [2.45, 2.75) is 18.9 Å². The van der Waals surface area contributed by atoms with Gasteiger partial charge in [-0.25, -0.2) is 0 Å². The van der Waals surface area contributed by atoms with E-state index >= 15 is 0 Å². The topological polar surface area (TPSA) is 49.3 Å². The smallest absolute Gasteiger partial charge is 0.257 e. The van der Waals surface area contributed by atoms with E-state index in [1.807, 2.05) is 6.92 Å². The van der Waals surface area contributed by atoms with Crippen LogP contribution >= 0.6 is 23.4 Å². The molecule has 5 heteroatoms. The van der Waals surface area contributed by atoms with Gasteiger partial charge in [-0.15, -0.1) is 0 Å². The van der Waals surface area contributed by atoms with Crippen LogP contribution in [0.1, 0.15) is 12.0 Å². The van der Waals surface area contributed by atoms with Gasteiger partial charge in [0.2, 0.25) is 0 Å². The lowest BCUT2D eigenvalue weighted by Crippen LogP contribution is -2.43. The third-order valence-electron chi connectivity index (χ3n) is 2.86. The molecule has 0 spiro atoms. The Hall–Kier alpha value is -0.710. The number of thioether (sulfide) groups is 1. The fourth-order valence-electron chi connectivity index (χ4n) is 1.74. The molecule has 0 radical (unpaired) electrons. The summed E-state index contributed by atoms with van der Waals surface area (Å²) in [6, 6.07) is 5.25. The Labute approximate surface area is 110 Å². The minimum Gasteiger partial charge on any atom is -0.379 e. The van der Waals surface area contributed by atoms with E-state index in [4.69, 9.17) is 11.6 Å². The largest absolute Gasteiger partial charge is 0.379 e. The summed E-state index contributed by atoms with van der Waals surface area (Å²) >= 11 is 7.44. The van der Waals surface area contributed by atoms with Gasteiger partial charge in [0, 0.05) is 16.5 Å². The molecule has 92 valence electrons. The van der Waals surface area contributed by atoms with Crippen LogP contribution in [0.4, 0.5) is 5.69 Å². The summed E-state index contributed by atoms with van der Waals surface area (Å²) in [5, 5.41) is 13.5. The van der Waals surface area contributed by atoms with Crippen LogP contribution in [-0.2, 0) is 4.79 Å². The van der Waals surface area contributed by atoms with Crippen molar-refractivity contribution < 1.29 is 9.90 Å². The molecule has 1 saturated heterocycles. The molecule has 1 aliphatic heterocycles. The molecule has 1 amide bonds. The van der Waals surface area contributed by atoms with Crippen LogP contribution in [0.25, 0.3) is 0 Å². The number of carbonyl (C=O) groups is 1. The van der Waals surface area contributed by atoms with Gasteiger partial charge in [-0.3, -0.25) is 4.79 Å². The van der Waals surface area contributed by atoms with Gasteiger partial charge in [0.05, 0.1) is 0 Å². The van der Waals surface area contributed by atoms with Crippen LogP contribution in [0, 0.1) is 6.92 Å². The molecule has 17 heavy (non-hydrogen) atoms. The number of aryl methyl sites for hydroxylation is 1. The molecule has 1 aromatic carbocycles. The first-order chi connectivity index (χ1) is 8.01. The summed E-state index contributed by atoms with van der Waals surface area (Å²) in [5.74, 6) is 0.961. The van der Waals surface area contributed by atoms with Crippen LogP contribution in [-0.4, -0.2) is 28.1 Å². The SMILES string of the molecule is Cc1cc(Cl)ccc1NC(=O)C1(O)CCSC1. The fourth-order valence-corrected chi connectivity index (χ4v) is 3.21. The van der Waals surface area contributed by atoms with E-state index in [9.17, 15) is 9.90 Å². The highest BCUT2D eigenvalue weighted by molar-refractivity contribution is 7.99. The predicted molar refractivity (Wildman–Crippen MR) is 71.7 cm³/mol. The number of rotatable bonds is 2. The molecular weight excluding hydrogens is 258 g/mol. The fraction of sp³-hybridized carbons (Fsp3) is 0.417. The summed E-state index contributed by atoms with van der Waals surface area (Å²) in [6.45, 7) is 1.87. The Balaban J connectivity index is 2.13. The van der Waals surface area contributed by atoms with E-state index in [2.05, 4.69) is 5.32 Å². The van der Waals surface area contributed by atoms with Crippen LogP contribution in [0.2, 0.25) is 5.02 Å². The maximum absolute atomic E-state index is 12.0. The molecule has 1 aliphatic rings. The lowest BCUT2D eigenvalue weighted by Gasteiger charge is -2.20. The second-order valence-electron chi connectivity index (χ2n) is 4.25. The zero-order valence-corrected chi connectivity index (χ0v) is 11.1. The third-order valence-corrected chi connectivity index (χ3v) is 4.27. The van der Waals surface area contributed by atoms with Crippen LogP contribution in [0.3, 0.4) is 0 Å². The average Bonchev–Trinajstić information content (AvgIpc) is 2.71. The van der Waals surface area contributed by atoms with E-state index in [1.165, 1.54) is 0 Å². The number of nitrogens with one attached hydrogen (secondary N) is 1.